The highest BCUT2D eigenvalue weighted by atomic mass is 28.4. The molecule has 2 aliphatic rings. The molecule has 0 aliphatic carbocycles. The van der Waals surface area contributed by atoms with Crippen LogP contribution in [0.3, 0.4) is 0 Å². The second-order valence-corrected chi connectivity index (χ2v) is 13.8. The molecule has 0 saturated carbocycles. The van der Waals surface area contributed by atoms with Crippen LogP contribution >= 0.6 is 0 Å². The molecule has 2 aliphatic heterocycles. The van der Waals surface area contributed by atoms with Crippen molar-refractivity contribution in [3.8, 4) is 5.75 Å². The number of rotatable bonds is 8. The van der Waals surface area contributed by atoms with Crippen LogP contribution in [0.5, 0.6) is 5.75 Å². The molecule has 170 valence electrons. The summed E-state index contributed by atoms with van der Waals surface area (Å²) in [6.45, 7) is 7.44. The smallest absolute Gasteiger partial charge is 0.261 e. The first-order valence-corrected chi connectivity index (χ1v) is 14.7. The maximum atomic E-state index is 12.8. The molecule has 2 amide bonds. The van der Waals surface area contributed by atoms with Gasteiger partial charge in [0.05, 0.1) is 23.8 Å². The Labute approximate surface area is 190 Å². The third-order valence-corrected chi connectivity index (χ3v) is 6.62. The maximum Gasteiger partial charge on any atom is 0.261 e. The number of hydrogen-bond donors (Lipinski definition) is 0. The molecular formula is C25H31NO5Si. The largest absolute Gasteiger partial charge is 0.465 e. The molecule has 1 unspecified atom stereocenters. The zero-order valence-electron chi connectivity index (χ0n) is 19.0. The summed E-state index contributed by atoms with van der Waals surface area (Å²) < 4.78 is 18.2. The van der Waals surface area contributed by atoms with E-state index in [1.165, 1.54) is 4.90 Å². The van der Waals surface area contributed by atoms with Crippen molar-refractivity contribution < 1.29 is 23.5 Å². The van der Waals surface area contributed by atoms with Crippen molar-refractivity contribution in [2.75, 3.05) is 13.2 Å². The van der Waals surface area contributed by atoms with Gasteiger partial charge in [-0.05, 0) is 68.7 Å². The summed E-state index contributed by atoms with van der Waals surface area (Å²) in [7, 11) is -1.89. The molecule has 0 N–H and O–H groups in total. The Morgan fingerprint density at radius 3 is 2.38 bits per heavy atom. The van der Waals surface area contributed by atoms with Crippen LogP contribution < -0.4 is 4.74 Å². The number of nitrogens with zero attached hydrogens (tertiary/aromatic N) is 1. The van der Waals surface area contributed by atoms with Gasteiger partial charge < -0.3 is 13.9 Å². The molecule has 2 aromatic rings. The van der Waals surface area contributed by atoms with Crippen molar-refractivity contribution >= 4 is 20.1 Å². The van der Waals surface area contributed by atoms with Crippen LogP contribution in [0.15, 0.2) is 48.5 Å². The van der Waals surface area contributed by atoms with Gasteiger partial charge in [-0.2, -0.15) is 0 Å². The maximum absolute atomic E-state index is 12.8. The Hall–Kier alpha value is -2.48. The van der Waals surface area contributed by atoms with Crippen molar-refractivity contribution in [2.24, 2.45) is 0 Å². The van der Waals surface area contributed by atoms with E-state index >= 15 is 0 Å². The van der Waals surface area contributed by atoms with Gasteiger partial charge in [-0.25, -0.2) is 0 Å². The number of benzene rings is 2. The van der Waals surface area contributed by atoms with Crippen LogP contribution in [0.1, 0.15) is 58.1 Å². The average molecular weight is 454 g/mol. The normalized spacial score (nSPS) is 19.7. The number of carbonyl (C=O) groups is 2. The molecule has 2 heterocycles. The molecule has 1 fully saturated rings. The molecular weight excluding hydrogens is 422 g/mol. The molecule has 6 nitrogen and oxygen atoms in total. The molecule has 2 aromatic carbocycles. The average Bonchev–Trinajstić information content (AvgIpc) is 3.01. The van der Waals surface area contributed by atoms with Crippen molar-refractivity contribution in [2.45, 2.75) is 57.7 Å². The number of ether oxygens (including phenoxy) is 2. The fraction of sp³-hybridized carbons (Fsp3) is 0.440. The van der Waals surface area contributed by atoms with Gasteiger partial charge in [0.25, 0.3) is 11.8 Å². The van der Waals surface area contributed by atoms with Crippen molar-refractivity contribution in [3.05, 3.63) is 65.2 Å². The highest BCUT2D eigenvalue weighted by Crippen LogP contribution is 2.31. The molecule has 32 heavy (non-hydrogen) atoms. The number of imide groups is 1. The minimum atomic E-state index is -1.89. The Morgan fingerprint density at radius 2 is 1.75 bits per heavy atom. The minimum Gasteiger partial charge on any atom is -0.465 e. The van der Waals surface area contributed by atoms with Crippen LogP contribution in [0.2, 0.25) is 19.6 Å². The number of hydrogen-bond acceptors (Lipinski definition) is 5. The molecule has 1 saturated heterocycles. The number of amides is 2. The number of fused-ring (bicyclic) bond motifs is 1. The predicted octanol–water partition coefficient (Wildman–Crippen LogP) is 5.17. The first-order chi connectivity index (χ1) is 15.3. The topological polar surface area (TPSA) is 65.1 Å². The lowest BCUT2D eigenvalue weighted by Crippen LogP contribution is -2.34. The van der Waals surface area contributed by atoms with Crippen LogP contribution in [0.4, 0.5) is 0 Å². The Kier molecular flexibility index (Phi) is 6.78. The van der Waals surface area contributed by atoms with E-state index in [1.54, 1.807) is 24.3 Å². The second kappa shape index (κ2) is 9.56. The summed E-state index contributed by atoms with van der Waals surface area (Å²) in [5, 5.41) is 0. The van der Waals surface area contributed by atoms with Gasteiger partial charge in [0.2, 0.25) is 0 Å². The van der Waals surface area contributed by atoms with Crippen molar-refractivity contribution in [1.82, 2.24) is 4.90 Å². The van der Waals surface area contributed by atoms with Crippen LogP contribution in [-0.4, -0.2) is 44.5 Å². The van der Waals surface area contributed by atoms with Crippen LogP contribution in [-0.2, 0) is 9.16 Å². The van der Waals surface area contributed by atoms with Crippen LogP contribution in [0, 0.1) is 0 Å². The van der Waals surface area contributed by atoms with E-state index in [2.05, 4.69) is 19.6 Å². The minimum absolute atomic E-state index is 0.214. The van der Waals surface area contributed by atoms with E-state index in [0.29, 0.717) is 24.1 Å². The van der Waals surface area contributed by atoms with Gasteiger partial charge in [0.1, 0.15) is 5.75 Å². The van der Waals surface area contributed by atoms with Crippen molar-refractivity contribution in [3.63, 3.8) is 0 Å². The van der Waals surface area contributed by atoms with Crippen molar-refractivity contribution in [1.29, 1.82) is 0 Å². The van der Waals surface area contributed by atoms with Gasteiger partial charge >= 0.3 is 0 Å². The Bertz CT molecular complexity index is 945. The highest BCUT2D eigenvalue weighted by molar-refractivity contribution is 6.69. The Balaban J connectivity index is 1.49. The zero-order chi connectivity index (χ0) is 22.7. The van der Waals surface area contributed by atoms with E-state index in [1.807, 2.05) is 24.3 Å². The SMILES string of the molecule is C[Si](C)(C)O[C@H](CCN1C(=O)c2ccccc2C1=O)c1cccc(OC2CCCCO2)c1. The molecule has 0 aromatic heterocycles. The van der Waals surface area contributed by atoms with Gasteiger partial charge in [-0.3, -0.25) is 14.5 Å². The first kappa shape index (κ1) is 22.7. The third kappa shape index (κ3) is 5.28. The summed E-state index contributed by atoms with van der Waals surface area (Å²) in [6.07, 6.45) is 3.14. The second-order valence-electron chi connectivity index (χ2n) is 9.30. The number of carbonyl (C=O) groups excluding carboxylic acids is 2. The summed E-state index contributed by atoms with van der Waals surface area (Å²) in [5.74, 6) is 0.284. The van der Waals surface area contributed by atoms with Gasteiger partial charge in [0.15, 0.2) is 14.6 Å². The molecule has 0 bridgehead atoms. The monoisotopic (exact) mass is 453 g/mol. The highest BCUT2D eigenvalue weighted by Gasteiger charge is 2.35. The first-order valence-electron chi connectivity index (χ1n) is 11.3. The van der Waals surface area contributed by atoms with E-state index in [-0.39, 0.29) is 24.2 Å². The summed E-state index contributed by atoms with van der Waals surface area (Å²) in [5.41, 5.74) is 1.93. The summed E-state index contributed by atoms with van der Waals surface area (Å²) in [6, 6.07) is 14.9. The van der Waals surface area contributed by atoms with Gasteiger partial charge in [-0.15, -0.1) is 0 Å². The quantitative estimate of drug-likeness (QED) is 0.407. The molecule has 0 spiro atoms. The molecule has 4 rings (SSSR count). The zero-order valence-corrected chi connectivity index (χ0v) is 20.0. The molecule has 2 atom stereocenters. The van der Waals surface area contributed by atoms with E-state index in [0.717, 1.165) is 37.2 Å². The van der Waals surface area contributed by atoms with Gasteiger partial charge in [-0.1, -0.05) is 24.3 Å². The summed E-state index contributed by atoms with van der Waals surface area (Å²) >= 11 is 0. The third-order valence-electron chi connectivity index (χ3n) is 5.62. The van der Waals surface area contributed by atoms with E-state index in [4.69, 9.17) is 13.9 Å². The Morgan fingerprint density at radius 1 is 1.03 bits per heavy atom. The standard InChI is InChI=1S/C25H31NO5Si/c1-32(2,3)31-22(14-15-26-24(27)20-11-4-5-12-21(20)25(26)28)18-9-8-10-19(17-18)30-23-13-6-7-16-29-23/h4-5,8-12,17,22-23H,6-7,13-16H2,1-3H3/t22-,23?/m1/s1. The fourth-order valence-corrected chi connectivity index (χ4v) is 5.26. The van der Waals surface area contributed by atoms with Crippen LogP contribution in [0.25, 0.3) is 0 Å². The van der Waals surface area contributed by atoms with E-state index in [9.17, 15) is 9.59 Å². The van der Waals surface area contributed by atoms with E-state index < -0.39 is 8.32 Å². The lowest BCUT2D eigenvalue weighted by molar-refractivity contribution is -0.105. The van der Waals surface area contributed by atoms with Gasteiger partial charge in [0, 0.05) is 13.0 Å². The fourth-order valence-electron chi connectivity index (χ4n) is 4.15. The molecule has 7 heteroatoms. The summed E-state index contributed by atoms with van der Waals surface area (Å²) in [4.78, 5) is 26.8. The predicted molar refractivity (Wildman–Crippen MR) is 124 cm³/mol. The lowest BCUT2D eigenvalue weighted by atomic mass is 10.1. The molecule has 0 radical (unpaired) electrons. The lowest BCUT2D eigenvalue weighted by Gasteiger charge is -2.29.